The van der Waals surface area contributed by atoms with Gasteiger partial charge in [-0.05, 0) is 18.9 Å². The van der Waals surface area contributed by atoms with Gasteiger partial charge in [-0.3, -0.25) is 0 Å². The van der Waals surface area contributed by atoms with Crippen molar-refractivity contribution < 1.29 is 9.47 Å². The smallest absolute Gasteiger partial charge is 0.0717 e. The van der Waals surface area contributed by atoms with Crippen molar-refractivity contribution in [3.63, 3.8) is 0 Å². The summed E-state index contributed by atoms with van der Waals surface area (Å²) in [5.41, 5.74) is 1.22. The molecule has 0 aliphatic rings. The summed E-state index contributed by atoms with van der Waals surface area (Å²) in [5.74, 6) is 0. The lowest BCUT2D eigenvalue weighted by Gasteiger charge is -2.13. The predicted molar refractivity (Wildman–Crippen MR) is 70.1 cm³/mol. The minimum atomic E-state index is 0.482. The highest BCUT2D eigenvalue weighted by molar-refractivity contribution is 5.13. The van der Waals surface area contributed by atoms with Crippen molar-refractivity contribution >= 4 is 0 Å². The third-order valence-corrected chi connectivity index (χ3v) is 2.61. The van der Waals surface area contributed by atoms with Gasteiger partial charge >= 0.3 is 0 Å². The molecule has 0 bridgehead atoms. The molecule has 0 fully saturated rings. The van der Waals surface area contributed by atoms with Crippen molar-refractivity contribution in [2.45, 2.75) is 26.0 Å². The molecule has 1 rings (SSSR count). The van der Waals surface area contributed by atoms with Crippen LogP contribution < -0.4 is 5.32 Å². The van der Waals surface area contributed by atoms with Crippen LogP contribution in [0.2, 0.25) is 0 Å². The second kappa shape index (κ2) is 9.16. The fourth-order valence-electron chi connectivity index (χ4n) is 1.54. The Labute approximate surface area is 104 Å². The predicted octanol–water partition coefficient (Wildman–Crippen LogP) is 2.22. The van der Waals surface area contributed by atoms with Gasteiger partial charge in [-0.2, -0.15) is 0 Å². The fraction of sp³-hybridized carbons (Fsp3) is 0.571. The molecule has 1 atom stereocenters. The van der Waals surface area contributed by atoms with E-state index in [2.05, 4.69) is 24.4 Å². The normalized spacial score (nSPS) is 12.6. The standard InChI is InChI=1S/C14H23NO2/c1-13(8-10-16-2)15-9-11-17-12-14-6-4-3-5-7-14/h3-7,13,15H,8-12H2,1-2H3. The maximum atomic E-state index is 5.58. The zero-order chi connectivity index (χ0) is 12.3. The monoisotopic (exact) mass is 237 g/mol. The van der Waals surface area contributed by atoms with E-state index in [0.717, 1.165) is 26.2 Å². The van der Waals surface area contributed by atoms with Crippen LogP contribution in [-0.4, -0.2) is 32.9 Å². The molecule has 0 aromatic heterocycles. The van der Waals surface area contributed by atoms with Crippen molar-refractivity contribution in [3.8, 4) is 0 Å². The highest BCUT2D eigenvalue weighted by Gasteiger charge is 1.99. The van der Waals surface area contributed by atoms with Gasteiger partial charge in [-0.15, -0.1) is 0 Å². The zero-order valence-electron chi connectivity index (χ0n) is 10.8. The summed E-state index contributed by atoms with van der Waals surface area (Å²) in [6.45, 7) is 5.29. The summed E-state index contributed by atoms with van der Waals surface area (Å²) in [5, 5.41) is 3.40. The van der Waals surface area contributed by atoms with E-state index in [9.17, 15) is 0 Å². The first-order chi connectivity index (χ1) is 8.33. The van der Waals surface area contributed by atoms with Crippen LogP contribution in [0.4, 0.5) is 0 Å². The number of rotatable bonds is 9. The SMILES string of the molecule is COCCC(C)NCCOCc1ccccc1. The van der Waals surface area contributed by atoms with E-state index in [1.54, 1.807) is 7.11 Å². The second-order valence-corrected chi connectivity index (χ2v) is 4.17. The van der Waals surface area contributed by atoms with Gasteiger partial charge in [0.2, 0.25) is 0 Å². The summed E-state index contributed by atoms with van der Waals surface area (Å²) in [6, 6.07) is 10.7. The minimum absolute atomic E-state index is 0.482. The lowest BCUT2D eigenvalue weighted by atomic mass is 10.2. The number of methoxy groups -OCH3 is 1. The van der Waals surface area contributed by atoms with Crippen molar-refractivity contribution in [2.75, 3.05) is 26.9 Å². The molecule has 1 unspecified atom stereocenters. The molecule has 0 spiro atoms. The third kappa shape index (κ3) is 7.10. The molecule has 17 heavy (non-hydrogen) atoms. The Morgan fingerprint density at radius 1 is 1.18 bits per heavy atom. The van der Waals surface area contributed by atoms with E-state index < -0.39 is 0 Å². The molecule has 0 saturated heterocycles. The fourth-order valence-corrected chi connectivity index (χ4v) is 1.54. The molecule has 0 amide bonds. The van der Waals surface area contributed by atoms with Crippen LogP contribution in [0.5, 0.6) is 0 Å². The highest BCUT2D eigenvalue weighted by Crippen LogP contribution is 1.99. The molecule has 1 aromatic carbocycles. The van der Waals surface area contributed by atoms with Gasteiger partial charge in [-0.1, -0.05) is 30.3 Å². The average Bonchev–Trinajstić information content (AvgIpc) is 2.37. The van der Waals surface area contributed by atoms with E-state index in [4.69, 9.17) is 9.47 Å². The molecule has 0 saturated carbocycles. The first-order valence-electron chi connectivity index (χ1n) is 6.17. The van der Waals surface area contributed by atoms with Crippen LogP contribution in [0.1, 0.15) is 18.9 Å². The summed E-state index contributed by atoms with van der Waals surface area (Å²) in [6.07, 6.45) is 1.04. The number of ether oxygens (including phenoxy) is 2. The van der Waals surface area contributed by atoms with E-state index in [-0.39, 0.29) is 0 Å². The van der Waals surface area contributed by atoms with E-state index >= 15 is 0 Å². The second-order valence-electron chi connectivity index (χ2n) is 4.17. The van der Waals surface area contributed by atoms with E-state index in [1.165, 1.54) is 5.56 Å². The molecular formula is C14H23NO2. The minimum Gasteiger partial charge on any atom is -0.385 e. The number of benzene rings is 1. The first kappa shape index (κ1) is 14.2. The molecule has 1 N–H and O–H groups in total. The first-order valence-corrected chi connectivity index (χ1v) is 6.17. The summed E-state index contributed by atoms with van der Waals surface area (Å²) < 4.78 is 10.6. The van der Waals surface area contributed by atoms with Crippen molar-refractivity contribution in [3.05, 3.63) is 35.9 Å². The van der Waals surface area contributed by atoms with Crippen LogP contribution in [0.25, 0.3) is 0 Å². The van der Waals surface area contributed by atoms with Gasteiger partial charge in [0.1, 0.15) is 0 Å². The Bertz CT molecular complexity index is 277. The molecule has 3 nitrogen and oxygen atoms in total. The van der Waals surface area contributed by atoms with Gasteiger partial charge in [-0.25, -0.2) is 0 Å². The van der Waals surface area contributed by atoms with Crippen LogP contribution >= 0.6 is 0 Å². The van der Waals surface area contributed by atoms with Gasteiger partial charge in [0, 0.05) is 26.3 Å². The van der Waals surface area contributed by atoms with Crippen LogP contribution in [-0.2, 0) is 16.1 Å². The van der Waals surface area contributed by atoms with Crippen LogP contribution in [0.3, 0.4) is 0 Å². The Balaban J connectivity index is 1.97. The molecule has 0 aliphatic heterocycles. The Morgan fingerprint density at radius 3 is 2.65 bits per heavy atom. The van der Waals surface area contributed by atoms with Crippen molar-refractivity contribution in [1.82, 2.24) is 5.32 Å². The topological polar surface area (TPSA) is 30.5 Å². The lowest BCUT2D eigenvalue weighted by Crippen LogP contribution is -2.30. The Hall–Kier alpha value is -0.900. The quantitative estimate of drug-likeness (QED) is 0.668. The van der Waals surface area contributed by atoms with Crippen molar-refractivity contribution in [1.29, 1.82) is 0 Å². The number of nitrogens with one attached hydrogen (secondary N) is 1. The Morgan fingerprint density at radius 2 is 1.94 bits per heavy atom. The van der Waals surface area contributed by atoms with Crippen LogP contribution in [0.15, 0.2) is 30.3 Å². The Kier molecular flexibility index (Phi) is 7.63. The summed E-state index contributed by atoms with van der Waals surface area (Å²) in [4.78, 5) is 0. The maximum absolute atomic E-state index is 5.58. The van der Waals surface area contributed by atoms with E-state index in [1.807, 2.05) is 18.2 Å². The number of hydrogen-bond acceptors (Lipinski definition) is 3. The zero-order valence-corrected chi connectivity index (χ0v) is 10.8. The molecule has 0 radical (unpaired) electrons. The van der Waals surface area contributed by atoms with Crippen molar-refractivity contribution in [2.24, 2.45) is 0 Å². The van der Waals surface area contributed by atoms with Gasteiger partial charge in [0.05, 0.1) is 13.2 Å². The molecule has 0 heterocycles. The highest BCUT2D eigenvalue weighted by atomic mass is 16.5. The van der Waals surface area contributed by atoms with Gasteiger partial charge < -0.3 is 14.8 Å². The maximum Gasteiger partial charge on any atom is 0.0717 e. The van der Waals surface area contributed by atoms with Gasteiger partial charge in [0.15, 0.2) is 0 Å². The summed E-state index contributed by atoms with van der Waals surface area (Å²) in [7, 11) is 1.73. The average molecular weight is 237 g/mol. The van der Waals surface area contributed by atoms with Crippen LogP contribution in [0, 0.1) is 0 Å². The lowest BCUT2D eigenvalue weighted by molar-refractivity contribution is 0.119. The molecule has 1 aromatic rings. The molecule has 0 aliphatic carbocycles. The molecule has 96 valence electrons. The third-order valence-electron chi connectivity index (χ3n) is 2.61. The van der Waals surface area contributed by atoms with Gasteiger partial charge in [0.25, 0.3) is 0 Å². The number of hydrogen-bond donors (Lipinski definition) is 1. The largest absolute Gasteiger partial charge is 0.385 e. The molecule has 3 heteroatoms. The summed E-state index contributed by atoms with van der Waals surface area (Å²) >= 11 is 0. The molecular weight excluding hydrogens is 214 g/mol. The van der Waals surface area contributed by atoms with E-state index in [0.29, 0.717) is 12.6 Å².